The molecule has 0 aromatic heterocycles. The highest BCUT2D eigenvalue weighted by atomic mass is 32.2. The number of nitrogens with zero attached hydrogens (tertiary/aromatic N) is 1. The van der Waals surface area contributed by atoms with Crippen molar-refractivity contribution >= 4 is 23.5 Å². The molecule has 0 aliphatic heterocycles. The Morgan fingerprint density at radius 1 is 1.67 bits per heavy atom. The van der Waals surface area contributed by atoms with Crippen molar-refractivity contribution in [2.24, 2.45) is 0 Å². The van der Waals surface area contributed by atoms with Crippen LogP contribution in [0.3, 0.4) is 0 Å². The minimum absolute atomic E-state index is 0.249. The molecule has 0 saturated heterocycles. The Balaban J connectivity index is 3.54. The van der Waals surface area contributed by atoms with Crippen molar-refractivity contribution in [1.82, 2.24) is 0 Å². The molecule has 5 heteroatoms. The molecule has 0 N–H and O–H groups in total. The average molecular weight is 167 g/mol. The summed E-state index contributed by atoms with van der Waals surface area (Å²) in [4.78, 5) is 9.84. The summed E-state index contributed by atoms with van der Waals surface area (Å²) in [5.74, 6) is 0.591. The zero-order valence-corrected chi connectivity index (χ0v) is 7.00. The maximum absolute atomic E-state index is 10.1. The van der Waals surface area contributed by atoms with Gasteiger partial charge in [0.05, 0.1) is 5.75 Å². The van der Waals surface area contributed by atoms with E-state index in [9.17, 15) is 10.1 Å². The number of rotatable bonds is 4. The molecule has 0 amide bonds. The first-order chi connectivity index (χ1) is 4.22. The van der Waals surface area contributed by atoms with Gasteiger partial charge in [0.15, 0.2) is 0 Å². The standard InChI is InChI=1S/C4H9NO2S2/c1-8-3-4(9-2)5(6)7/h4H,3H2,1-2H3. The monoisotopic (exact) mass is 167 g/mol. The van der Waals surface area contributed by atoms with Crippen molar-refractivity contribution in [3.63, 3.8) is 0 Å². The van der Waals surface area contributed by atoms with Crippen molar-refractivity contribution in [3.8, 4) is 0 Å². The van der Waals surface area contributed by atoms with Crippen LogP contribution in [0.15, 0.2) is 0 Å². The molecule has 0 radical (unpaired) electrons. The van der Waals surface area contributed by atoms with Crippen LogP contribution in [0, 0.1) is 10.1 Å². The Kier molecular flexibility index (Phi) is 4.99. The van der Waals surface area contributed by atoms with Gasteiger partial charge < -0.3 is 0 Å². The molecule has 9 heavy (non-hydrogen) atoms. The predicted molar refractivity (Wildman–Crippen MR) is 42.7 cm³/mol. The number of nitro groups is 1. The summed E-state index contributed by atoms with van der Waals surface area (Å²) in [7, 11) is 0. The second kappa shape index (κ2) is 4.93. The number of hydrogen-bond acceptors (Lipinski definition) is 4. The molecule has 0 saturated carbocycles. The molecule has 0 bridgehead atoms. The lowest BCUT2D eigenvalue weighted by atomic mass is 10.8. The zero-order valence-electron chi connectivity index (χ0n) is 5.36. The van der Waals surface area contributed by atoms with Crippen molar-refractivity contribution in [2.45, 2.75) is 5.37 Å². The van der Waals surface area contributed by atoms with Gasteiger partial charge in [-0.25, -0.2) is 0 Å². The summed E-state index contributed by atoms with van der Waals surface area (Å²) in [6.45, 7) is 0. The van der Waals surface area contributed by atoms with Gasteiger partial charge in [0.2, 0.25) is 0 Å². The minimum Gasteiger partial charge on any atom is -0.263 e. The third-order valence-electron chi connectivity index (χ3n) is 0.816. The van der Waals surface area contributed by atoms with Crippen LogP contribution in [0.25, 0.3) is 0 Å². The third-order valence-corrected chi connectivity index (χ3v) is 2.56. The third kappa shape index (κ3) is 3.64. The second-order valence-electron chi connectivity index (χ2n) is 1.43. The van der Waals surface area contributed by atoms with Gasteiger partial charge >= 0.3 is 0 Å². The maximum atomic E-state index is 10.1. The Hall–Kier alpha value is 0.1000. The fourth-order valence-corrected chi connectivity index (χ4v) is 1.89. The fraction of sp³-hybridized carbons (Fsp3) is 1.00. The van der Waals surface area contributed by atoms with E-state index in [1.54, 1.807) is 6.26 Å². The van der Waals surface area contributed by atoms with Gasteiger partial charge in [-0.3, -0.25) is 10.1 Å². The first kappa shape index (κ1) is 9.10. The van der Waals surface area contributed by atoms with Crippen molar-refractivity contribution < 1.29 is 4.92 Å². The zero-order chi connectivity index (χ0) is 7.28. The molecule has 0 spiro atoms. The highest BCUT2D eigenvalue weighted by Crippen LogP contribution is 2.11. The van der Waals surface area contributed by atoms with E-state index < -0.39 is 5.37 Å². The predicted octanol–water partition coefficient (Wildman–Crippen LogP) is 1.32. The molecule has 0 aliphatic carbocycles. The Morgan fingerprint density at radius 2 is 2.22 bits per heavy atom. The van der Waals surface area contributed by atoms with E-state index in [0.717, 1.165) is 0 Å². The molecule has 0 aromatic carbocycles. The van der Waals surface area contributed by atoms with Crippen molar-refractivity contribution in [1.29, 1.82) is 0 Å². The van der Waals surface area contributed by atoms with Gasteiger partial charge in [-0.15, -0.1) is 0 Å². The quantitative estimate of drug-likeness (QED) is 0.360. The van der Waals surface area contributed by atoms with E-state index in [4.69, 9.17) is 0 Å². The fourth-order valence-electron chi connectivity index (χ4n) is 0.358. The van der Waals surface area contributed by atoms with Crippen LogP contribution in [0.5, 0.6) is 0 Å². The molecule has 1 atom stereocenters. The topological polar surface area (TPSA) is 43.1 Å². The largest absolute Gasteiger partial charge is 0.266 e. The van der Waals surface area contributed by atoms with Crippen molar-refractivity contribution in [2.75, 3.05) is 18.3 Å². The van der Waals surface area contributed by atoms with Gasteiger partial charge in [-0.1, -0.05) is 11.8 Å². The van der Waals surface area contributed by atoms with Crippen LogP contribution in [0.4, 0.5) is 0 Å². The van der Waals surface area contributed by atoms with Gasteiger partial charge in [0.1, 0.15) is 0 Å². The maximum Gasteiger partial charge on any atom is 0.266 e. The summed E-state index contributed by atoms with van der Waals surface area (Å²) in [6, 6.07) is 0. The average Bonchev–Trinajstić information content (AvgIpc) is 1.82. The van der Waals surface area contributed by atoms with Gasteiger partial charge in [0, 0.05) is 4.92 Å². The van der Waals surface area contributed by atoms with Crippen LogP contribution in [-0.4, -0.2) is 28.6 Å². The molecule has 0 fully saturated rings. The van der Waals surface area contributed by atoms with E-state index in [1.807, 2.05) is 6.26 Å². The molecule has 0 aromatic rings. The number of hydrogen-bond donors (Lipinski definition) is 0. The summed E-state index contributed by atoms with van der Waals surface area (Å²) in [6.07, 6.45) is 3.62. The van der Waals surface area contributed by atoms with Crippen LogP contribution in [0.2, 0.25) is 0 Å². The number of thioether (sulfide) groups is 2. The SMILES string of the molecule is CSCC(SC)[N+](=O)[O-]. The van der Waals surface area contributed by atoms with Crippen LogP contribution in [0.1, 0.15) is 0 Å². The second-order valence-corrected chi connectivity index (χ2v) is 3.36. The lowest BCUT2D eigenvalue weighted by Gasteiger charge is -2.01. The molecule has 0 rings (SSSR count). The van der Waals surface area contributed by atoms with Gasteiger partial charge in [-0.2, -0.15) is 11.8 Å². The molecule has 54 valence electrons. The lowest BCUT2D eigenvalue weighted by Crippen LogP contribution is -2.17. The summed E-state index contributed by atoms with van der Waals surface area (Å²) < 4.78 is 0. The molecule has 0 heterocycles. The van der Waals surface area contributed by atoms with Crippen molar-refractivity contribution in [3.05, 3.63) is 10.1 Å². The molecular weight excluding hydrogens is 158 g/mol. The van der Waals surface area contributed by atoms with Crippen LogP contribution in [-0.2, 0) is 0 Å². The van der Waals surface area contributed by atoms with E-state index >= 15 is 0 Å². The molecule has 1 unspecified atom stereocenters. The smallest absolute Gasteiger partial charge is 0.263 e. The lowest BCUT2D eigenvalue weighted by molar-refractivity contribution is -0.489. The first-order valence-electron chi connectivity index (χ1n) is 2.37. The minimum atomic E-state index is -0.431. The molecular formula is C4H9NO2S2. The summed E-state index contributed by atoms with van der Waals surface area (Å²) in [5, 5.41) is 9.66. The highest BCUT2D eigenvalue weighted by Gasteiger charge is 2.15. The van der Waals surface area contributed by atoms with Crippen LogP contribution >= 0.6 is 23.5 Å². The normalized spacial score (nSPS) is 13.1. The van der Waals surface area contributed by atoms with E-state index in [0.29, 0.717) is 5.75 Å². The Labute approximate surface area is 62.7 Å². The van der Waals surface area contributed by atoms with E-state index in [1.165, 1.54) is 23.5 Å². The molecule has 3 nitrogen and oxygen atoms in total. The Bertz CT molecular complexity index is 98.6. The molecule has 0 aliphatic rings. The van der Waals surface area contributed by atoms with E-state index in [2.05, 4.69) is 0 Å². The van der Waals surface area contributed by atoms with E-state index in [-0.39, 0.29) is 4.92 Å². The van der Waals surface area contributed by atoms with Gasteiger partial charge in [0.25, 0.3) is 5.37 Å². The summed E-state index contributed by atoms with van der Waals surface area (Å²) >= 11 is 2.78. The first-order valence-corrected chi connectivity index (χ1v) is 5.05. The van der Waals surface area contributed by atoms with Gasteiger partial charge in [-0.05, 0) is 12.5 Å². The summed E-state index contributed by atoms with van der Waals surface area (Å²) in [5.41, 5.74) is 0. The highest BCUT2D eigenvalue weighted by molar-refractivity contribution is 8.02. The Morgan fingerprint density at radius 3 is 2.33 bits per heavy atom. The van der Waals surface area contributed by atoms with Crippen LogP contribution < -0.4 is 0 Å².